The van der Waals surface area contributed by atoms with Crippen molar-refractivity contribution in [2.45, 2.75) is 311 Å². The molecule has 0 radical (unpaired) electrons. The largest absolute Gasteiger partial charge is 0.354 e. The van der Waals surface area contributed by atoms with E-state index in [1.807, 2.05) is 0 Å². The Kier molecular flexibility index (Phi) is 32.7. The number of nitrogens with one attached hydrogen (secondary N) is 2. The molecule has 0 aliphatic carbocycles. The summed E-state index contributed by atoms with van der Waals surface area (Å²) in [6, 6.07) is 36.3. The Balaban J connectivity index is 1.18. The average Bonchev–Trinajstić information content (AvgIpc) is 1.60. The molecule has 9 rings (SSSR count). The van der Waals surface area contributed by atoms with Gasteiger partial charge >= 0.3 is 0 Å². The number of fused-ring (bicyclic) bond motifs is 8. The molecule has 0 saturated carbocycles. The van der Waals surface area contributed by atoms with Gasteiger partial charge in [-0.15, -0.1) is 0 Å². The molecule has 0 fully saturated rings. The maximum absolute atomic E-state index is 5.89. The molecule has 0 aromatic carbocycles. The van der Waals surface area contributed by atoms with Crippen LogP contribution in [-0.4, -0.2) is 19.9 Å². The van der Waals surface area contributed by atoms with Crippen LogP contribution in [0.3, 0.4) is 0 Å². The van der Waals surface area contributed by atoms with Crippen molar-refractivity contribution in [2.75, 3.05) is 0 Å². The average molecular weight is 1300 g/mol. The van der Waals surface area contributed by atoms with Crippen molar-refractivity contribution in [3.8, 4) is 45.0 Å². The number of unbranched alkanes of at least 4 members (excludes halogenated alkanes) is 36. The van der Waals surface area contributed by atoms with Crippen LogP contribution in [0.1, 0.15) is 307 Å². The Labute approximate surface area is 581 Å². The number of hydrogen-bond donors (Lipinski definition) is 2. The summed E-state index contributed by atoms with van der Waals surface area (Å²) in [7, 11) is 0. The van der Waals surface area contributed by atoms with Gasteiger partial charge in [0.1, 0.15) is 26.2 Å². The molecule has 7 aromatic heterocycles. The zero-order valence-electron chi connectivity index (χ0n) is 60.7. The molecule has 9 heterocycles. The topological polar surface area (TPSA) is 72.9 Å². The normalized spacial score (nSPS) is 12.0. The molecule has 8 heteroatoms. The van der Waals surface area contributed by atoms with Gasteiger partial charge in [0.15, 0.2) is 24.8 Å². The molecule has 0 amide bonds. The molecule has 8 nitrogen and oxygen atoms in total. The summed E-state index contributed by atoms with van der Waals surface area (Å²) in [5.74, 6) is 0. The van der Waals surface area contributed by atoms with Crippen molar-refractivity contribution in [1.29, 1.82) is 0 Å². The Morgan fingerprint density at radius 3 is 0.615 bits per heavy atom. The van der Waals surface area contributed by atoms with Crippen LogP contribution in [0.4, 0.5) is 0 Å². The monoisotopic (exact) mass is 1300 g/mol. The zero-order chi connectivity index (χ0) is 66.5. The van der Waals surface area contributed by atoms with E-state index in [1.54, 1.807) is 0 Å². The van der Waals surface area contributed by atoms with Crippen molar-refractivity contribution in [1.82, 2.24) is 19.9 Å². The van der Waals surface area contributed by atoms with Gasteiger partial charge in [-0.3, -0.25) is 0 Å². The van der Waals surface area contributed by atoms with E-state index >= 15 is 0 Å². The molecule has 0 spiro atoms. The fourth-order valence-electron chi connectivity index (χ4n) is 15.0. The standard InChI is InChI=1S/C88H125N8/c1-5-9-13-17-21-25-29-33-37-45-65-93-69-49-41-53-81(93)85-73-57-59-75(89-73)86(82-54-42-50-70-94(82)66-46-38-34-30-26-22-18-14-10-6-2)77-61-63-79(91-77)88(84-56-44-52-72-96(84)68-48-40-36-32-28-24-20-16-12-8-4)80-64-62-78(92-80)87(76-60-58-74(85)90-76)83-55-43-51-71-95(83)67-47-39-35-31-27-23-19-15-11-7-3/h41-44,49-64,69-72H,5-40,45-48,65-68H2,1-4H3,(H,89,90,91,92)/q+3/p+1. The molecule has 0 atom stereocenters. The van der Waals surface area contributed by atoms with Crippen LogP contribution in [0.25, 0.3) is 91.4 Å². The van der Waals surface area contributed by atoms with E-state index in [1.165, 1.54) is 254 Å². The lowest BCUT2D eigenvalue weighted by Gasteiger charge is -2.08. The minimum Gasteiger partial charge on any atom is -0.354 e. The molecule has 0 unspecified atom stereocenters. The first-order valence-corrected chi connectivity index (χ1v) is 39.7. The Bertz CT molecular complexity index is 3160. The molecule has 514 valence electrons. The van der Waals surface area contributed by atoms with Crippen molar-refractivity contribution < 1.29 is 18.3 Å². The van der Waals surface area contributed by atoms with E-state index < -0.39 is 0 Å². The van der Waals surface area contributed by atoms with E-state index in [2.05, 4.69) is 202 Å². The number of H-pyrrole nitrogens is 2. The predicted molar refractivity (Wildman–Crippen MR) is 409 cm³/mol. The lowest BCUT2D eigenvalue weighted by molar-refractivity contribution is -0.686. The number of nitrogens with zero attached hydrogens (tertiary/aromatic N) is 6. The van der Waals surface area contributed by atoms with Crippen LogP contribution >= 0.6 is 0 Å². The van der Waals surface area contributed by atoms with Crippen molar-refractivity contribution in [3.05, 3.63) is 145 Å². The molecule has 2 N–H and O–H groups in total. The predicted octanol–water partition coefficient (Wildman–Crippen LogP) is 24.2. The Hall–Kier alpha value is -6.80. The summed E-state index contributed by atoms with van der Waals surface area (Å²) in [5, 5.41) is 0. The van der Waals surface area contributed by atoms with Crippen LogP contribution < -0.4 is 18.3 Å². The van der Waals surface area contributed by atoms with E-state index in [9.17, 15) is 0 Å². The second kappa shape index (κ2) is 42.8. The third kappa shape index (κ3) is 22.6. The summed E-state index contributed by atoms with van der Waals surface area (Å²) >= 11 is 0. The fourth-order valence-corrected chi connectivity index (χ4v) is 15.0. The molecular weight excluding hydrogens is 1170 g/mol. The van der Waals surface area contributed by atoms with Crippen LogP contribution in [0.5, 0.6) is 0 Å². The van der Waals surface area contributed by atoms with Gasteiger partial charge in [0.05, 0.1) is 67.1 Å². The van der Waals surface area contributed by atoms with Gasteiger partial charge in [-0.1, -0.05) is 233 Å². The minimum atomic E-state index is 0.947. The third-order valence-electron chi connectivity index (χ3n) is 20.6. The highest BCUT2D eigenvalue weighted by Gasteiger charge is 2.28. The minimum absolute atomic E-state index is 0.947. The van der Waals surface area contributed by atoms with Gasteiger partial charge in [0.2, 0.25) is 22.8 Å². The number of aryl methyl sites for hydroxylation is 4. The maximum atomic E-state index is 5.89. The van der Waals surface area contributed by atoms with Gasteiger partial charge in [-0.2, -0.15) is 18.3 Å². The first-order valence-electron chi connectivity index (χ1n) is 39.7. The zero-order valence-corrected chi connectivity index (χ0v) is 60.7. The SMILES string of the molecule is CCCCCCCCCCCC[n+]1ccccc1-c1c2nc(c(-c3cccc[n+]3CCCCCCCCCCCC)c3ccc([nH]3)c(-c3cccc[n+]3CCCCCCCCCCCC)c3nc(c(-c4cccc[n+]4CCCCCCCCCCCC)c4ccc1[nH]4)C=C3)C=C2. The molecule has 2 aliphatic rings. The Morgan fingerprint density at radius 1 is 0.229 bits per heavy atom. The Morgan fingerprint density at radius 2 is 0.417 bits per heavy atom. The van der Waals surface area contributed by atoms with E-state index in [0.717, 1.165) is 119 Å². The molecule has 2 aliphatic heterocycles. The van der Waals surface area contributed by atoms with Gasteiger partial charge in [0, 0.05) is 74.2 Å². The summed E-state index contributed by atoms with van der Waals surface area (Å²) in [5.41, 5.74) is 17.2. The van der Waals surface area contributed by atoms with Gasteiger partial charge in [-0.05, 0) is 98.5 Å². The van der Waals surface area contributed by atoms with Gasteiger partial charge in [-0.25, -0.2) is 9.97 Å². The maximum Gasteiger partial charge on any atom is 0.216 e. The van der Waals surface area contributed by atoms with Crippen molar-refractivity contribution in [2.24, 2.45) is 0 Å². The lowest BCUT2D eigenvalue weighted by atomic mass is 10.1. The highest BCUT2D eigenvalue weighted by molar-refractivity contribution is 5.97. The summed E-state index contributed by atoms with van der Waals surface area (Å²) < 4.78 is 10.0. The number of rotatable bonds is 48. The highest BCUT2D eigenvalue weighted by atomic mass is 15.0. The highest BCUT2D eigenvalue weighted by Crippen LogP contribution is 2.37. The van der Waals surface area contributed by atoms with Crippen molar-refractivity contribution >= 4 is 46.4 Å². The van der Waals surface area contributed by atoms with Gasteiger partial charge < -0.3 is 9.97 Å². The first kappa shape index (κ1) is 73.4. The number of pyridine rings is 4. The van der Waals surface area contributed by atoms with Crippen LogP contribution in [0.15, 0.2) is 122 Å². The summed E-state index contributed by atoms with van der Waals surface area (Å²) in [6.45, 7) is 13.0. The lowest BCUT2D eigenvalue weighted by Crippen LogP contribution is -2.36. The molecule has 0 saturated heterocycles. The number of aromatic nitrogens is 8. The van der Waals surface area contributed by atoms with E-state index in [-0.39, 0.29) is 0 Å². The molecule has 7 aromatic rings. The van der Waals surface area contributed by atoms with Crippen LogP contribution in [-0.2, 0) is 26.2 Å². The van der Waals surface area contributed by atoms with E-state index in [0.29, 0.717) is 0 Å². The smallest absolute Gasteiger partial charge is 0.216 e. The fraction of sp³-hybridized carbons (Fsp3) is 0.545. The summed E-state index contributed by atoms with van der Waals surface area (Å²) in [6.07, 6.45) is 71.0. The van der Waals surface area contributed by atoms with Crippen LogP contribution in [0.2, 0.25) is 0 Å². The second-order valence-electron chi connectivity index (χ2n) is 28.3. The summed E-state index contributed by atoms with van der Waals surface area (Å²) in [4.78, 5) is 20.1. The molecule has 96 heavy (non-hydrogen) atoms. The first-order chi connectivity index (χ1) is 47.6. The van der Waals surface area contributed by atoms with Gasteiger partial charge in [0.25, 0.3) is 0 Å². The number of aromatic amines is 2. The quantitative estimate of drug-likeness (QED) is 0.0295. The van der Waals surface area contributed by atoms with Crippen LogP contribution in [0, 0.1) is 0 Å². The molecular formula is C88H126N8+4. The van der Waals surface area contributed by atoms with E-state index in [4.69, 9.17) is 9.97 Å². The number of hydrogen-bond acceptors (Lipinski definition) is 2. The second-order valence-corrected chi connectivity index (χ2v) is 28.3. The third-order valence-corrected chi connectivity index (χ3v) is 20.6. The molecule has 8 bridgehead atoms. The van der Waals surface area contributed by atoms with Crippen molar-refractivity contribution in [3.63, 3.8) is 0 Å².